The zero-order valence-electron chi connectivity index (χ0n) is 25.2. The summed E-state index contributed by atoms with van der Waals surface area (Å²) in [7, 11) is 4.61. The fraction of sp³-hybridized carbons (Fsp3) is 0.314. The van der Waals surface area contributed by atoms with Gasteiger partial charge in [-0.1, -0.05) is 67.7 Å². The Morgan fingerprint density at radius 2 is 1.56 bits per heavy atom. The Bertz CT molecular complexity index is 1260. The summed E-state index contributed by atoms with van der Waals surface area (Å²) in [6, 6.07) is 29.2. The van der Waals surface area contributed by atoms with E-state index in [2.05, 4.69) is 107 Å². The number of rotatable bonds is 3. The lowest BCUT2D eigenvalue weighted by atomic mass is 9.98. The number of nitrogens with one attached hydrogen (secondary N) is 2. The van der Waals surface area contributed by atoms with E-state index in [-0.39, 0.29) is 0 Å². The van der Waals surface area contributed by atoms with Crippen LogP contribution in [-0.4, -0.2) is 31.3 Å². The van der Waals surface area contributed by atoms with E-state index in [1.165, 1.54) is 34.4 Å². The van der Waals surface area contributed by atoms with Gasteiger partial charge in [-0.25, -0.2) is 0 Å². The number of nitrogens with zero attached hydrogens (tertiary/aromatic N) is 3. The number of hydrogen-bond donors (Lipinski definition) is 2. The molecule has 2 aliphatic heterocycles. The molecule has 5 rings (SSSR count). The summed E-state index contributed by atoms with van der Waals surface area (Å²) < 4.78 is 0. The van der Waals surface area contributed by atoms with Crippen LogP contribution in [-0.2, 0) is 19.4 Å². The second-order valence-electron chi connectivity index (χ2n) is 9.45. The van der Waals surface area contributed by atoms with E-state index < -0.39 is 0 Å². The topological polar surface area (TPSA) is 74.9 Å². The molecular weight excluding hydrogens is 521 g/mol. The average molecular weight is 568 g/mol. The lowest BCUT2D eigenvalue weighted by molar-refractivity contribution is 0.229. The number of likely N-dealkylation sites (N-methyl/N-ethyl adjacent to an activating group) is 1. The normalized spacial score (nSPS) is 14.6. The predicted octanol–water partition coefficient (Wildman–Crippen LogP) is 7.10. The van der Waals surface area contributed by atoms with Crippen molar-refractivity contribution < 1.29 is 0 Å². The molecule has 0 saturated heterocycles. The summed E-state index contributed by atoms with van der Waals surface area (Å²) in [5.74, 6) is 0. The summed E-state index contributed by atoms with van der Waals surface area (Å²) in [4.78, 5) is 2.43. The smallest absolute Gasteiger partial charge is 0.0991 e. The molecule has 41 heavy (non-hydrogen) atoms. The fourth-order valence-corrected chi connectivity index (χ4v) is 4.42. The molecule has 0 saturated carbocycles. The van der Waals surface area contributed by atoms with Gasteiger partial charge in [0.2, 0.25) is 0 Å². The summed E-state index contributed by atoms with van der Waals surface area (Å²) in [6.07, 6.45) is 6.48. The maximum absolute atomic E-state index is 9.06. The Balaban J connectivity index is 0.000000346. The molecule has 0 amide bonds. The molecule has 216 valence electrons. The van der Waals surface area contributed by atoms with Gasteiger partial charge < -0.3 is 10.6 Å². The Labute approximate surface area is 250 Å². The predicted molar refractivity (Wildman–Crippen MR) is 177 cm³/mol. The van der Waals surface area contributed by atoms with Crippen LogP contribution >= 0.6 is 9.24 Å². The van der Waals surface area contributed by atoms with Crippen molar-refractivity contribution >= 4 is 9.24 Å². The van der Waals surface area contributed by atoms with Crippen molar-refractivity contribution in [3.05, 3.63) is 131 Å². The highest BCUT2D eigenvalue weighted by Gasteiger charge is 2.21. The number of hydrogen-bond acceptors (Lipinski definition) is 5. The van der Waals surface area contributed by atoms with Crippen LogP contribution in [0.5, 0.6) is 0 Å². The van der Waals surface area contributed by atoms with Crippen LogP contribution in [0.2, 0.25) is 0 Å². The number of aryl methyl sites for hydroxylation is 2. The molecule has 0 spiro atoms. The maximum Gasteiger partial charge on any atom is 0.0991 e. The number of allylic oxidation sites excluding steroid dienone is 1. The molecule has 0 radical (unpaired) electrons. The molecule has 6 heteroatoms. The first-order valence-electron chi connectivity index (χ1n) is 14.0. The molecule has 3 aromatic rings. The Kier molecular flexibility index (Phi) is 17.9. The van der Waals surface area contributed by atoms with Crippen LogP contribution in [0.15, 0.2) is 97.9 Å². The number of benzene rings is 3. The lowest BCUT2D eigenvalue weighted by Gasteiger charge is -2.26. The highest BCUT2D eigenvalue weighted by Crippen LogP contribution is 2.24. The van der Waals surface area contributed by atoms with Crippen molar-refractivity contribution in [3.63, 3.8) is 0 Å². The molecule has 0 fully saturated rings. The second-order valence-corrected chi connectivity index (χ2v) is 9.45. The summed E-state index contributed by atoms with van der Waals surface area (Å²) in [5.41, 5.74) is 8.10. The molecule has 0 aromatic heterocycles. The van der Waals surface area contributed by atoms with Gasteiger partial charge in [0, 0.05) is 24.5 Å². The van der Waals surface area contributed by atoms with E-state index in [1.54, 1.807) is 0 Å². The largest absolute Gasteiger partial charge is 0.372 e. The second kappa shape index (κ2) is 20.9. The zero-order chi connectivity index (χ0) is 30.5. The fourth-order valence-electron chi connectivity index (χ4n) is 4.42. The average Bonchev–Trinajstić information content (AvgIpc) is 3.52. The summed E-state index contributed by atoms with van der Waals surface area (Å²) in [6.45, 7) is 13.9. The van der Waals surface area contributed by atoms with E-state index >= 15 is 0 Å². The number of fused-ring (bicyclic) bond motifs is 1. The quantitative estimate of drug-likeness (QED) is 0.261. The molecule has 5 nitrogen and oxygen atoms in total. The van der Waals surface area contributed by atoms with E-state index in [0.29, 0.717) is 6.04 Å². The Morgan fingerprint density at radius 1 is 0.927 bits per heavy atom. The third-order valence-electron chi connectivity index (χ3n) is 6.69. The molecule has 0 aliphatic carbocycles. The highest BCUT2D eigenvalue weighted by molar-refractivity contribution is 7.15. The van der Waals surface area contributed by atoms with E-state index in [0.717, 1.165) is 43.6 Å². The van der Waals surface area contributed by atoms with Gasteiger partial charge in [-0.15, -0.1) is 22.4 Å². The molecule has 2 aliphatic rings. The SMILES string of the molecule is C=C.CCC1=CNCN1.CN1Cc2cc(C#N)ccc2CC[C@H]1Cc1ccccc1.CP.Cc1ccc(C#N)cc1. The van der Waals surface area contributed by atoms with E-state index in [9.17, 15) is 0 Å². The van der Waals surface area contributed by atoms with Crippen molar-refractivity contribution in [2.24, 2.45) is 0 Å². The molecule has 3 aromatic carbocycles. The standard InChI is InChI=1S/C19H20N2.C8H7N.C5H10N2.C2H4.CH5P/c1-21-14-18-11-16(13-20)7-8-17(18)9-10-19(21)12-15-5-3-2-4-6-15;1-7-2-4-8(6-9)5-3-7;1-2-5-3-6-4-7-5;2*1-2/h2-8,11,19H,9-10,12,14H2,1H3;2-5H,1H3;3,6-7H,2,4H2,1H3;1-2H2;2H2,1H3/t19-;;;;/m0..../s1. The minimum atomic E-state index is 0.560. The summed E-state index contributed by atoms with van der Waals surface area (Å²) in [5, 5.41) is 23.6. The molecule has 0 bridgehead atoms. The van der Waals surface area contributed by atoms with Gasteiger partial charge in [-0.05, 0) is 80.6 Å². The van der Waals surface area contributed by atoms with Crippen LogP contribution in [0, 0.1) is 29.6 Å². The van der Waals surface area contributed by atoms with Crippen LogP contribution in [0.4, 0.5) is 0 Å². The van der Waals surface area contributed by atoms with Gasteiger partial charge in [0.1, 0.15) is 0 Å². The molecule has 1 unspecified atom stereocenters. The van der Waals surface area contributed by atoms with Gasteiger partial charge in [-0.2, -0.15) is 10.5 Å². The Hall–Kier alpha value is -3.89. The summed E-state index contributed by atoms with van der Waals surface area (Å²) >= 11 is 0. The number of nitriles is 2. The molecular formula is C35H46N5P. The van der Waals surface area contributed by atoms with Crippen molar-refractivity contribution in [3.8, 4) is 12.1 Å². The van der Waals surface area contributed by atoms with Crippen LogP contribution < -0.4 is 10.6 Å². The zero-order valence-corrected chi connectivity index (χ0v) is 26.3. The first-order valence-corrected chi connectivity index (χ1v) is 15.1. The van der Waals surface area contributed by atoms with Crippen molar-refractivity contribution in [1.29, 1.82) is 10.5 Å². The van der Waals surface area contributed by atoms with Crippen LogP contribution in [0.3, 0.4) is 0 Å². The first kappa shape index (κ1) is 35.1. The van der Waals surface area contributed by atoms with Gasteiger partial charge >= 0.3 is 0 Å². The monoisotopic (exact) mass is 567 g/mol. The molecule has 2 heterocycles. The van der Waals surface area contributed by atoms with Crippen LogP contribution in [0.25, 0.3) is 0 Å². The van der Waals surface area contributed by atoms with Gasteiger partial charge in [0.25, 0.3) is 0 Å². The third-order valence-corrected chi connectivity index (χ3v) is 6.69. The first-order chi connectivity index (χ1) is 20.0. The minimum Gasteiger partial charge on any atom is -0.372 e. The van der Waals surface area contributed by atoms with Gasteiger partial charge in [0.05, 0.1) is 29.9 Å². The van der Waals surface area contributed by atoms with Crippen molar-refractivity contribution in [1.82, 2.24) is 15.5 Å². The highest BCUT2D eigenvalue weighted by atomic mass is 31.0. The lowest BCUT2D eigenvalue weighted by Crippen LogP contribution is -2.32. The van der Waals surface area contributed by atoms with E-state index in [1.807, 2.05) is 50.1 Å². The minimum absolute atomic E-state index is 0.560. The Morgan fingerprint density at radius 3 is 2.10 bits per heavy atom. The van der Waals surface area contributed by atoms with Gasteiger partial charge in [-0.3, -0.25) is 4.90 Å². The molecule has 2 N–H and O–H groups in total. The van der Waals surface area contributed by atoms with Gasteiger partial charge in [0.15, 0.2) is 0 Å². The van der Waals surface area contributed by atoms with Crippen molar-refractivity contribution in [2.45, 2.75) is 52.1 Å². The van der Waals surface area contributed by atoms with Crippen LogP contribution in [0.1, 0.15) is 53.1 Å². The maximum atomic E-state index is 9.06. The van der Waals surface area contributed by atoms with E-state index in [4.69, 9.17) is 10.5 Å². The van der Waals surface area contributed by atoms with Crippen molar-refractivity contribution in [2.75, 3.05) is 20.4 Å². The third kappa shape index (κ3) is 12.9. The molecule has 2 atom stereocenters.